The fraction of sp³-hybridized carbons (Fsp3) is 0.412. The largest absolute Gasteiger partial charge is 0.489 e. The van der Waals surface area contributed by atoms with E-state index in [-0.39, 0.29) is 17.6 Å². The van der Waals surface area contributed by atoms with Crippen molar-refractivity contribution in [2.24, 2.45) is 5.73 Å². The monoisotopic (exact) mass is 349 g/mol. The van der Waals surface area contributed by atoms with Crippen LogP contribution in [0.15, 0.2) is 29.2 Å². The van der Waals surface area contributed by atoms with Crippen molar-refractivity contribution in [3.8, 4) is 5.75 Å². The van der Waals surface area contributed by atoms with Crippen LogP contribution in [-0.4, -0.2) is 41.0 Å². The molecule has 24 heavy (non-hydrogen) atoms. The Kier molecular flexibility index (Phi) is 4.78. The van der Waals surface area contributed by atoms with Gasteiger partial charge in [-0.1, -0.05) is 11.6 Å². The normalized spacial score (nSPS) is 17.0. The lowest BCUT2D eigenvalue weighted by Gasteiger charge is -2.33. The summed E-state index contributed by atoms with van der Waals surface area (Å²) in [5.41, 5.74) is 5.46. The van der Waals surface area contributed by atoms with Crippen LogP contribution >= 0.6 is 11.6 Å². The molecular formula is C17H20ClN3O3. The van der Waals surface area contributed by atoms with Gasteiger partial charge in [-0.25, -0.2) is 0 Å². The zero-order chi connectivity index (χ0) is 17.3. The number of nitrogens with zero attached hydrogens (tertiary/aromatic N) is 1. The maximum Gasteiger partial charge on any atom is 0.255 e. The second-order valence-corrected chi connectivity index (χ2v) is 6.52. The van der Waals surface area contributed by atoms with Crippen molar-refractivity contribution < 1.29 is 9.53 Å². The van der Waals surface area contributed by atoms with Crippen molar-refractivity contribution in [1.29, 1.82) is 0 Å². The number of fused-ring (bicyclic) bond motifs is 1. The number of pyridine rings is 1. The van der Waals surface area contributed by atoms with Crippen molar-refractivity contribution in [2.75, 3.05) is 13.1 Å². The molecule has 2 heterocycles. The third-order valence-electron chi connectivity index (χ3n) is 4.26. The quantitative estimate of drug-likeness (QED) is 0.885. The first-order chi connectivity index (χ1) is 11.5. The van der Waals surface area contributed by atoms with Crippen LogP contribution in [0.3, 0.4) is 0 Å². The fourth-order valence-corrected chi connectivity index (χ4v) is 3.15. The third kappa shape index (κ3) is 3.39. The van der Waals surface area contributed by atoms with Crippen LogP contribution < -0.4 is 16.0 Å². The SMILES string of the molecule is C[C@H](N)C(=O)N1CCC(Oc2cc3cc[nH]c(=O)c3cc2Cl)CC1. The Bertz CT molecular complexity index is 810. The molecule has 1 aromatic heterocycles. The van der Waals surface area contributed by atoms with E-state index in [4.69, 9.17) is 22.1 Å². The number of nitrogens with two attached hydrogens (primary N) is 1. The Morgan fingerprint density at radius 3 is 2.79 bits per heavy atom. The van der Waals surface area contributed by atoms with Crippen LogP contribution in [0.5, 0.6) is 5.75 Å². The van der Waals surface area contributed by atoms with Crippen molar-refractivity contribution in [2.45, 2.75) is 31.9 Å². The summed E-state index contributed by atoms with van der Waals surface area (Å²) in [5.74, 6) is 0.531. The summed E-state index contributed by atoms with van der Waals surface area (Å²) in [5, 5.41) is 1.73. The first-order valence-corrected chi connectivity index (χ1v) is 8.35. The van der Waals surface area contributed by atoms with Crippen LogP contribution in [0.4, 0.5) is 0 Å². The molecule has 0 radical (unpaired) electrons. The third-order valence-corrected chi connectivity index (χ3v) is 4.56. The van der Waals surface area contributed by atoms with E-state index in [9.17, 15) is 9.59 Å². The van der Waals surface area contributed by atoms with Gasteiger partial charge in [0, 0.05) is 37.5 Å². The van der Waals surface area contributed by atoms with Gasteiger partial charge in [0.15, 0.2) is 0 Å². The number of hydrogen-bond acceptors (Lipinski definition) is 4. The van der Waals surface area contributed by atoms with Gasteiger partial charge in [-0.15, -0.1) is 0 Å². The first kappa shape index (κ1) is 16.8. The number of H-pyrrole nitrogens is 1. The van der Waals surface area contributed by atoms with Crippen molar-refractivity contribution in [1.82, 2.24) is 9.88 Å². The van der Waals surface area contributed by atoms with Gasteiger partial charge in [-0.3, -0.25) is 9.59 Å². The molecule has 1 atom stereocenters. The molecule has 0 aliphatic carbocycles. The Labute approximate surface area is 144 Å². The maximum atomic E-state index is 11.9. The second kappa shape index (κ2) is 6.83. The lowest BCUT2D eigenvalue weighted by Crippen LogP contribution is -2.47. The molecular weight excluding hydrogens is 330 g/mol. The molecule has 6 nitrogen and oxygen atoms in total. The van der Waals surface area contributed by atoms with Gasteiger partial charge in [0.05, 0.1) is 11.1 Å². The summed E-state index contributed by atoms with van der Waals surface area (Å²) in [6.45, 7) is 2.94. The number of carbonyl (C=O) groups excluding carboxylic acids is 1. The number of aromatic amines is 1. The molecule has 0 bridgehead atoms. The highest BCUT2D eigenvalue weighted by Gasteiger charge is 2.26. The lowest BCUT2D eigenvalue weighted by atomic mass is 10.1. The van der Waals surface area contributed by atoms with Gasteiger partial charge >= 0.3 is 0 Å². The molecule has 0 saturated carbocycles. The summed E-state index contributed by atoms with van der Waals surface area (Å²) in [6.07, 6.45) is 3.03. The van der Waals surface area contributed by atoms with Crippen LogP contribution in [0.1, 0.15) is 19.8 Å². The second-order valence-electron chi connectivity index (χ2n) is 6.11. The molecule has 1 aliphatic heterocycles. The predicted octanol–water partition coefficient (Wildman–Crippen LogP) is 1.90. The molecule has 3 N–H and O–H groups in total. The lowest BCUT2D eigenvalue weighted by molar-refractivity contribution is -0.133. The van der Waals surface area contributed by atoms with Crippen LogP contribution in [0, 0.1) is 0 Å². The summed E-state index contributed by atoms with van der Waals surface area (Å²) >= 11 is 6.26. The molecule has 1 amide bonds. The molecule has 7 heteroatoms. The van der Waals surface area contributed by atoms with Gasteiger partial charge < -0.3 is 20.4 Å². The minimum absolute atomic E-state index is 0.0147. The van der Waals surface area contributed by atoms with Crippen LogP contribution in [-0.2, 0) is 4.79 Å². The molecule has 1 saturated heterocycles. The molecule has 2 aromatic rings. The topological polar surface area (TPSA) is 88.4 Å². The molecule has 1 aliphatic rings. The van der Waals surface area contributed by atoms with Gasteiger partial charge in [0.25, 0.3) is 5.56 Å². The van der Waals surface area contributed by atoms with E-state index in [1.165, 1.54) is 0 Å². The molecule has 128 valence electrons. The van der Waals surface area contributed by atoms with E-state index in [2.05, 4.69) is 4.98 Å². The van der Waals surface area contributed by atoms with Crippen molar-refractivity contribution in [3.05, 3.63) is 39.8 Å². The number of rotatable bonds is 3. The van der Waals surface area contributed by atoms with E-state index in [1.54, 1.807) is 30.2 Å². The number of hydrogen-bond donors (Lipinski definition) is 2. The number of likely N-dealkylation sites (tertiary alicyclic amines) is 1. The van der Waals surface area contributed by atoms with Gasteiger partial charge in [-0.2, -0.15) is 0 Å². The zero-order valence-electron chi connectivity index (χ0n) is 13.4. The smallest absolute Gasteiger partial charge is 0.255 e. The van der Waals surface area contributed by atoms with Crippen molar-refractivity contribution >= 4 is 28.3 Å². The number of halogens is 1. The Morgan fingerprint density at radius 2 is 2.12 bits per heavy atom. The van der Waals surface area contributed by atoms with E-state index in [0.717, 1.165) is 18.2 Å². The number of amides is 1. The number of nitrogens with one attached hydrogen (secondary N) is 1. The number of aromatic nitrogens is 1. The molecule has 1 fully saturated rings. The number of benzene rings is 1. The molecule has 0 spiro atoms. The van der Waals surface area contributed by atoms with Crippen molar-refractivity contribution in [3.63, 3.8) is 0 Å². The Balaban J connectivity index is 1.71. The molecule has 0 unspecified atom stereocenters. The number of piperidine rings is 1. The van der Waals surface area contributed by atoms with Gasteiger partial charge in [0.1, 0.15) is 11.9 Å². The summed E-state index contributed by atoms with van der Waals surface area (Å²) < 4.78 is 6.01. The van der Waals surface area contributed by atoms with E-state index in [0.29, 0.717) is 29.2 Å². The highest BCUT2D eigenvalue weighted by Crippen LogP contribution is 2.31. The van der Waals surface area contributed by atoms with Gasteiger partial charge in [-0.05, 0) is 30.5 Å². The first-order valence-electron chi connectivity index (χ1n) is 7.97. The van der Waals surface area contributed by atoms with E-state index < -0.39 is 6.04 Å². The predicted molar refractivity (Wildman–Crippen MR) is 93.5 cm³/mol. The average Bonchev–Trinajstić information content (AvgIpc) is 2.56. The van der Waals surface area contributed by atoms with Crippen LogP contribution in [0.25, 0.3) is 10.8 Å². The molecule has 3 rings (SSSR count). The average molecular weight is 350 g/mol. The Morgan fingerprint density at radius 1 is 1.42 bits per heavy atom. The Hall–Kier alpha value is -2.05. The summed E-state index contributed by atoms with van der Waals surface area (Å²) in [6, 6.07) is 4.74. The number of carbonyl (C=O) groups is 1. The highest BCUT2D eigenvalue weighted by atomic mass is 35.5. The van der Waals surface area contributed by atoms with Crippen LogP contribution in [0.2, 0.25) is 5.02 Å². The summed E-state index contributed by atoms with van der Waals surface area (Å²) in [7, 11) is 0. The molecule has 1 aromatic carbocycles. The van der Waals surface area contributed by atoms with Gasteiger partial charge in [0.2, 0.25) is 5.91 Å². The van der Waals surface area contributed by atoms with E-state index >= 15 is 0 Å². The number of ether oxygens (including phenoxy) is 1. The van der Waals surface area contributed by atoms with E-state index in [1.807, 2.05) is 6.07 Å². The zero-order valence-corrected chi connectivity index (χ0v) is 14.2. The minimum Gasteiger partial charge on any atom is -0.489 e. The fourth-order valence-electron chi connectivity index (χ4n) is 2.94. The highest BCUT2D eigenvalue weighted by molar-refractivity contribution is 6.32. The minimum atomic E-state index is -0.476. The standard InChI is InChI=1S/C17H20ClN3O3/c1-10(19)17(23)21-6-3-12(4-7-21)24-15-8-11-2-5-20-16(22)13(11)9-14(15)18/h2,5,8-10,12H,3-4,6-7,19H2,1H3,(H,20,22)/t10-/m0/s1. The maximum absolute atomic E-state index is 11.9. The summed E-state index contributed by atoms with van der Waals surface area (Å²) in [4.78, 5) is 28.1.